The molecule has 1 aromatic carbocycles. The summed E-state index contributed by atoms with van der Waals surface area (Å²) in [5.41, 5.74) is -0.166. The van der Waals surface area contributed by atoms with E-state index in [2.05, 4.69) is 27.7 Å². The van der Waals surface area contributed by atoms with Crippen molar-refractivity contribution in [1.82, 2.24) is 0 Å². The molecule has 0 bridgehead atoms. The van der Waals surface area contributed by atoms with E-state index in [1.54, 1.807) is 12.1 Å². The van der Waals surface area contributed by atoms with Gasteiger partial charge in [-0.2, -0.15) is 0 Å². The van der Waals surface area contributed by atoms with Gasteiger partial charge in [0.15, 0.2) is 0 Å². The standard InChI is InChI=1S/C31H54O3/c1-6-7-8-9-10-11-12-13-14-15-16-17-18-19-20-21-26-34-29(33)31(5,30(2,3)4)27-22-24-28(32)25-23-27/h22-25,32H,6-21,26H2,1-5H3. The summed E-state index contributed by atoms with van der Waals surface area (Å²) in [5.74, 6) is 0.0354. The van der Waals surface area contributed by atoms with Crippen molar-refractivity contribution in [3.63, 3.8) is 0 Å². The van der Waals surface area contributed by atoms with Crippen molar-refractivity contribution < 1.29 is 14.6 Å². The van der Waals surface area contributed by atoms with Crippen LogP contribution in [0.4, 0.5) is 0 Å². The van der Waals surface area contributed by atoms with Gasteiger partial charge in [-0.15, -0.1) is 0 Å². The molecule has 1 rings (SSSR count). The second-order valence-electron chi connectivity index (χ2n) is 11.4. The van der Waals surface area contributed by atoms with Crippen molar-refractivity contribution in [2.75, 3.05) is 6.61 Å². The molecule has 0 aliphatic rings. The summed E-state index contributed by atoms with van der Waals surface area (Å²) >= 11 is 0. The quantitative estimate of drug-likeness (QED) is 0.160. The average Bonchev–Trinajstić information content (AvgIpc) is 2.80. The van der Waals surface area contributed by atoms with Gasteiger partial charge in [0.25, 0.3) is 0 Å². The molecule has 1 aromatic rings. The number of carbonyl (C=O) groups is 1. The van der Waals surface area contributed by atoms with Crippen LogP contribution in [0, 0.1) is 5.41 Å². The highest BCUT2D eigenvalue weighted by atomic mass is 16.5. The van der Waals surface area contributed by atoms with Gasteiger partial charge in [-0.1, -0.05) is 136 Å². The van der Waals surface area contributed by atoms with E-state index < -0.39 is 5.41 Å². The largest absolute Gasteiger partial charge is 0.508 e. The second-order valence-corrected chi connectivity index (χ2v) is 11.4. The second kappa shape index (κ2) is 17.0. The maximum absolute atomic E-state index is 13.1. The molecule has 196 valence electrons. The highest BCUT2D eigenvalue weighted by Gasteiger charge is 2.47. The summed E-state index contributed by atoms with van der Waals surface area (Å²) in [4.78, 5) is 13.1. The van der Waals surface area contributed by atoms with E-state index in [4.69, 9.17) is 4.74 Å². The van der Waals surface area contributed by atoms with Crippen LogP contribution >= 0.6 is 0 Å². The lowest BCUT2D eigenvalue weighted by molar-refractivity contribution is -0.154. The Hall–Kier alpha value is -1.51. The van der Waals surface area contributed by atoms with Crippen LogP contribution in [0.15, 0.2) is 24.3 Å². The molecular weight excluding hydrogens is 420 g/mol. The molecule has 1 atom stereocenters. The van der Waals surface area contributed by atoms with Gasteiger partial charge in [-0.25, -0.2) is 0 Å². The normalized spacial score (nSPS) is 13.6. The minimum absolute atomic E-state index is 0.174. The number of phenols is 1. The predicted molar refractivity (Wildman–Crippen MR) is 145 cm³/mol. The molecule has 0 aliphatic carbocycles. The van der Waals surface area contributed by atoms with Gasteiger partial charge in [0.05, 0.1) is 12.0 Å². The third kappa shape index (κ3) is 11.3. The Morgan fingerprint density at radius 3 is 1.44 bits per heavy atom. The zero-order chi connectivity index (χ0) is 25.3. The Bertz CT molecular complexity index is 644. The Morgan fingerprint density at radius 1 is 0.676 bits per heavy atom. The zero-order valence-corrected chi connectivity index (χ0v) is 23.1. The van der Waals surface area contributed by atoms with Crippen LogP contribution in [0.2, 0.25) is 0 Å². The van der Waals surface area contributed by atoms with Crippen LogP contribution in [0.3, 0.4) is 0 Å². The van der Waals surface area contributed by atoms with E-state index in [1.807, 2.05) is 19.1 Å². The van der Waals surface area contributed by atoms with Crippen LogP contribution < -0.4 is 0 Å². The molecule has 0 amide bonds. The van der Waals surface area contributed by atoms with Crippen LogP contribution in [0.25, 0.3) is 0 Å². The number of phenolic OH excluding ortho intramolecular Hbond substituents is 1. The summed E-state index contributed by atoms with van der Waals surface area (Å²) in [6.45, 7) is 10.9. The topological polar surface area (TPSA) is 46.5 Å². The first-order valence-corrected chi connectivity index (χ1v) is 14.2. The molecule has 3 heteroatoms. The van der Waals surface area contributed by atoms with E-state index in [-0.39, 0.29) is 17.1 Å². The third-order valence-corrected chi connectivity index (χ3v) is 7.58. The lowest BCUT2D eigenvalue weighted by Crippen LogP contribution is -2.45. The summed E-state index contributed by atoms with van der Waals surface area (Å²) < 4.78 is 5.74. The molecule has 0 saturated heterocycles. The number of esters is 1. The molecule has 1 N–H and O–H groups in total. The van der Waals surface area contributed by atoms with Crippen LogP contribution in [0.5, 0.6) is 5.75 Å². The third-order valence-electron chi connectivity index (χ3n) is 7.58. The van der Waals surface area contributed by atoms with E-state index in [1.165, 1.54) is 89.9 Å². The fraction of sp³-hybridized carbons (Fsp3) is 0.774. The van der Waals surface area contributed by atoms with E-state index >= 15 is 0 Å². The van der Waals surface area contributed by atoms with Crippen molar-refractivity contribution in [2.45, 2.75) is 143 Å². The Morgan fingerprint density at radius 2 is 1.06 bits per heavy atom. The molecule has 34 heavy (non-hydrogen) atoms. The molecule has 3 nitrogen and oxygen atoms in total. The number of benzene rings is 1. The summed E-state index contributed by atoms with van der Waals surface area (Å²) in [6, 6.07) is 6.94. The van der Waals surface area contributed by atoms with E-state index in [0.717, 1.165) is 18.4 Å². The SMILES string of the molecule is CCCCCCCCCCCCCCCCCCOC(=O)C(C)(c1ccc(O)cc1)C(C)(C)C. The summed E-state index contributed by atoms with van der Waals surface area (Å²) in [7, 11) is 0. The molecule has 0 aliphatic heterocycles. The lowest BCUT2D eigenvalue weighted by Gasteiger charge is -2.40. The van der Waals surface area contributed by atoms with Crippen LogP contribution in [-0.4, -0.2) is 17.7 Å². The minimum atomic E-state index is -0.754. The number of hydrogen-bond acceptors (Lipinski definition) is 3. The van der Waals surface area contributed by atoms with Gasteiger partial charge in [0, 0.05) is 0 Å². The number of unbranched alkanes of at least 4 members (excludes halogenated alkanes) is 15. The summed E-state index contributed by atoms with van der Waals surface area (Å²) in [6.07, 6.45) is 21.4. The van der Waals surface area contributed by atoms with Crippen molar-refractivity contribution in [3.05, 3.63) is 29.8 Å². The Labute approximate surface area is 211 Å². The first-order valence-electron chi connectivity index (χ1n) is 14.2. The summed E-state index contributed by atoms with van der Waals surface area (Å²) in [5, 5.41) is 9.61. The number of carbonyl (C=O) groups excluding carboxylic acids is 1. The van der Waals surface area contributed by atoms with Crippen molar-refractivity contribution >= 4 is 5.97 Å². The molecule has 0 aromatic heterocycles. The van der Waals surface area contributed by atoms with Crippen LogP contribution in [0.1, 0.15) is 143 Å². The zero-order valence-electron chi connectivity index (χ0n) is 23.1. The average molecular weight is 475 g/mol. The number of hydrogen-bond donors (Lipinski definition) is 1. The molecule has 0 heterocycles. The number of rotatable bonds is 19. The van der Waals surface area contributed by atoms with Gasteiger partial charge >= 0.3 is 5.97 Å². The first-order chi connectivity index (χ1) is 16.2. The van der Waals surface area contributed by atoms with Gasteiger partial charge in [-0.05, 0) is 36.5 Å². The number of aromatic hydroxyl groups is 1. The number of ether oxygens (including phenoxy) is 1. The molecule has 1 unspecified atom stereocenters. The fourth-order valence-corrected chi connectivity index (χ4v) is 4.61. The Kier molecular flexibility index (Phi) is 15.3. The maximum Gasteiger partial charge on any atom is 0.316 e. The van der Waals surface area contributed by atoms with Crippen molar-refractivity contribution in [3.8, 4) is 5.75 Å². The highest BCUT2D eigenvalue weighted by Crippen LogP contribution is 2.42. The predicted octanol–water partition coefficient (Wildman–Crippen LogP) is 9.50. The van der Waals surface area contributed by atoms with Gasteiger partial charge in [-0.3, -0.25) is 4.79 Å². The van der Waals surface area contributed by atoms with Gasteiger partial charge in [0.2, 0.25) is 0 Å². The molecular formula is C31H54O3. The van der Waals surface area contributed by atoms with Gasteiger partial charge < -0.3 is 9.84 Å². The maximum atomic E-state index is 13.1. The molecule has 0 fully saturated rings. The molecule has 0 saturated carbocycles. The van der Waals surface area contributed by atoms with E-state index in [9.17, 15) is 9.90 Å². The van der Waals surface area contributed by atoms with Crippen molar-refractivity contribution in [2.24, 2.45) is 5.41 Å². The Balaban J connectivity index is 2.10. The fourth-order valence-electron chi connectivity index (χ4n) is 4.61. The van der Waals surface area contributed by atoms with Crippen molar-refractivity contribution in [1.29, 1.82) is 0 Å². The van der Waals surface area contributed by atoms with Crippen LogP contribution in [-0.2, 0) is 14.9 Å². The first kappa shape index (κ1) is 30.5. The minimum Gasteiger partial charge on any atom is -0.508 e. The molecule has 0 radical (unpaired) electrons. The van der Waals surface area contributed by atoms with E-state index in [0.29, 0.717) is 6.61 Å². The highest BCUT2D eigenvalue weighted by molar-refractivity contribution is 5.84. The smallest absolute Gasteiger partial charge is 0.316 e. The molecule has 0 spiro atoms. The monoisotopic (exact) mass is 474 g/mol. The lowest BCUT2D eigenvalue weighted by atomic mass is 9.64. The van der Waals surface area contributed by atoms with Gasteiger partial charge in [0.1, 0.15) is 5.75 Å².